The Hall–Kier alpha value is -1.65. The molecule has 0 saturated heterocycles. The van der Waals surface area contributed by atoms with Gasteiger partial charge >= 0.3 is 0 Å². The van der Waals surface area contributed by atoms with Gasteiger partial charge in [-0.3, -0.25) is 9.59 Å². The number of aromatic nitrogens is 1. The lowest BCUT2D eigenvalue weighted by atomic mass is 10.3. The molecule has 0 aliphatic rings. The molecule has 0 amide bonds. The topological polar surface area (TPSA) is 48.3 Å². The molecule has 0 spiro atoms. The normalized spacial score (nSPS) is 9.77. The Kier molecular flexibility index (Phi) is 2.46. The number of halogens is 1. The predicted molar refractivity (Wildman–Crippen MR) is 43.1 cm³/mol. The second kappa shape index (κ2) is 3.38. The van der Waals surface area contributed by atoms with Crippen LogP contribution in [0.2, 0.25) is 0 Å². The zero-order chi connectivity index (χ0) is 10.0. The molecule has 0 unspecified atom stereocenters. The predicted octanol–water partition coefficient (Wildman–Crippen LogP) is 0.368. The highest BCUT2D eigenvalue weighted by molar-refractivity contribution is 5.44. The molecule has 0 bridgehead atoms. The van der Waals surface area contributed by atoms with Crippen molar-refractivity contribution in [3.8, 4) is 5.75 Å². The summed E-state index contributed by atoms with van der Waals surface area (Å²) in [6, 6.07) is 0.895. The summed E-state index contributed by atoms with van der Waals surface area (Å²) in [5.41, 5.74) is -0.339. The quantitative estimate of drug-likeness (QED) is 0.625. The smallest absolute Gasteiger partial charge is 0.298 e. The second-order valence-electron chi connectivity index (χ2n) is 2.52. The van der Waals surface area contributed by atoms with E-state index < -0.39 is 11.4 Å². The molecular weight excluding hydrogens is 177 g/mol. The molecule has 0 aromatic carbocycles. The molecule has 70 valence electrons. The third kappa shape index (κ3) is 1.58. The molecule has 0 radical (unpaired) electrons. The van der Waals surface area contributed by atoms with Gasteiger partial charge < -0.3 is 9.30 Å². The molecule has 0 fully saturated rings. The fourth-order valence-electron chi connectivity index (χ4n) is 0.895. The van der Waals surface area contributed by atoms with E-state index in [1.807, 2.05) is 0 Å². The van der Waals surface area contributed by atoms with Crippen molar-refractivity contribution in [1.29, 1.82) is 0 Å². The first-order valence-corrected chi connectivity index (χ1v) is 3.54. The highest BCUT2D eigenvalue weighted by Crippen LogP contribution is 2.09. The first kappa shape index (κ1) is 9.44. The molecule has 1 heterocycles. The second-order valence-corrected chi connectivity index (χ2v) is 2.52. The molecule has 13 heavy (non-hydrogen) atoms. The third-order valence-corrected chi connectivity index (χ3v) is 1.80. The molecule has 1 aromatic rings. The molecule has 0 aliphatic heterocycles. The number of pyridine rings is 1. The Morgan fingerprint density at radius 3 is 2.77 bits per heavy atom. The van der Waals surface area contributed by atoms with Gasteiger partial charge in [0.15, 0.2) is 5.75 Å². The van der Waals surface area contributed by atoms with Gasteiger partial charge in [-0.1, -0.05) is 0 Å². The highest BCUT2D eigenvalue weighted by atomic mass is 19.1. The molecule has 0 N–H and O–H groups in total. The average molecular weight is 185 g/mol. The number of hydrogen-bond donors (Lipinski definition) is 0. The van der Waals surface area contributed by atoms with Crippen molar-refractivity contribution in [2.75, 3.05) is 0 Å². The molecule has 0 saturated carbocycles. The molecule has 5 heteroatoms. The molecule has 1 aromatic heterocycles. The van der Waals surface area contributed by atoms with E-state index in [1.165, 1.54) is 14.0 Å². The van der Waals surface area contributed by atoms with Gasteiger partial charge in [0.25, 0.3) is 12.0 Å². The minimum absolute atomic E-state index is 0.0888. The van der Waals surface area contributed by atoms with Crippen LogP contribution < -0.4 is 10.3 Å². The number of nitrogens with zero attached hydrogens (tertiary/aromatic N) is 1. The van der Waals surface area contributed by atoms with Crippen LogP contribution in [0.15, 0.2) is 10.9 Å². The molecular formula is C8H8FNO3. The van der Waals surface area contributed by atoms with Crippen LogP contribution in [0.25, 0.3) is 0 Å². The Labute approximate surface area is 73.6 Å². The van der Waals surface area contributed by atoms with Crippen molar-refractivity contribution in [3.63, 3.8) is 0 Å². The maximum absolute atomic E-state index is 13.0. The van der Waals surface area contributed by atoms with Crippen LogP contribution >= 0.6 is 0 Å². The van der Waals surface area contributed by atoms with E-state index in [1.54, 1.807) is 0 Å². The van der Waals surface area contributed by atoms with Crippen LogP contribution in [0, 0.1) is 12.7 Å². The van der Waals surface area contributed by atoms with E-state index in [2.05, 4.69) is 4.74 Å². The fourth-order valence-corrected chi connectivity index (χ4v) is 0.895. The maximum atomic E-state index is 13.0. The lowest BCUT2D eigenvalue weighted by Crippen LogP contribution is -2.22. The first-order valence-electron chi connectivity index (χ1n) is 3.54. The number of carbonyl (C=O) groups excluding carboxylic acids is 1. The summed E-state index contributed by atoms with van der Waals surface area (Å²) in [6.07, 6.45) is 0. The van der Waals surface area contributed by atoms with Gasteiger partial charge in [-0.05, 0) is 6.92 Å². The average Bonchev–Trinajstić information content (AvgIpc) is 2.11. The number of rotatable bonds is 2. The van der Waals surface area contributed by atoms with Gasteiger partial charge in [-0.15, -0.1) is 0 Å². The lowest BCUT2D eigenvalue weighted by molar-refractivity contribution is -0.120. The number of carbonyl (C=O) groups is 1. The van der Waals surface area contributed by atoms with Crippen molar-refractivity contribution in [3.05, 3.63) is 27.9 Å². The van der Waals surface area contributed by atoms with Crippen LogP contribution in [0.1, 0.15) is 5.69 Å². The Bertz CT molecular complexity index is 397. The summed E-state index contributed by atoms with van der Waals surface area (Å²) >= 11 is 0. The van der Waals surface area contributed by atoms with Gasteiger partial charge in [0.1, 0.15) is 5.82 Å². The first-order chi connectivity index (χ1) is 6.07. The lowest BCUT2D eigenvalue weighted by Gasteiger charge is -2.05. The summed E-state index contributed by atoms with van der Waals surface area (Å²) in [7, 11) is 1.40. The largest absolute Gasteiger partial charge is 0.423 e. The van der Waals surface area contributed by atoms with Crippen molar-refractivity contribution < 1.29 is 13.9 Å². The molecule has 1 rings (SSSR count). The summed E-state index contributed by atoms with van der Waals surface area (Å²) in [6.45, 7) is 1.55. The zero-order valence-electron chi connectivity index (χ0n) is 7.20. The van der Waals surface area contributed by atoms with Crippen LogP contribution in [-0.2, 0) is 11.8 Å². The SMILES string of the molecule is Cc1c(F)cc(OC=O)c(=O)n1C. The minimum atomic E-state index is -0.584. The van der Waals surface area contributed by atoms with Gasteiger partial charge in [-0.2, -0.15) is 0 Å². The van der Waals surface area contributed by atoms with E-state index in [9.17, 15) is 14.0 Å². The van der Waals surface area contributed by atoms with Gasteiger partial charge in [0.05, 0.1) is 5.69 Å². The standard InChI is InChI=1S/C8H8FNO3/c1-5-6(9)3-7(13-4-11)8(12)10(5)2/h3-4H,1-2H3. The van der Waals surface area contributed by atoms with Crippen LogP contribution in [0.5, 0.6) is 5.75 Å². The van der Waals surface area contributed by atoms with E-state index >= 15 is 0 Å². The summed E-state index contributed by atoms with van der Waals surface area (Å²) < 4.78 is 18.4. The monoisotopic (exact) mass is 185 g/mol. The summed E-state index contributed by atoms with van der Waals surface area (Å²) in [5, 5.41) is 0. The van der Waals surface area contributed by atoms with Crippen LogP contribution in [-0.4, -0.2) is 11.0 Å². The van der Waals surface area contributed by atoms with Crippen LogP contribution in [0.4, 0.5) is 4.39 Å². The molecule has 0 aliphatic carbocycles. The minimum Gasteiger partial charge on any atom is -0.423 e. The number of ether oxygens (including phenoxy) is 1. The maximum Gasteiger partial charge on any atom is 0.298 e. The Balaban J connectivity index is 3.40. The van der Waals surface area contributed by atoms with Crippen molar-refractivity contribution in [2.24, 2.45) is 7.05 Å². The zero-order valence-corrected chi connectivity index (χ0v) is 7.20. The van der Waals surface area contributed by atoms with Crippen molar-refractivity contribution in [2.45, 2.75) is 6.92 Å². The van der Waals surface area contributed by atoms with Crippen LogP contribution in [0.3, 0.4) is 0 Å². The number of hydrogen-bond acceptors (Lipinski definition) is 3. The van der Waals surface area contributed by atoms with Gasteiger partial charge in [-0.25, -0.2) is 4.39 Å². The van der Waals surface area contributed by atoms with Crippen molar-refractivity contribution in [1.82, 2.24) is 4.57 Å². The summed E-state index contributed by atoms with van der Waals surface area (Å²) in [4.78, 5) is 21.2. The Morgan fingerprint density at radius 1 is 1.62 bits per heavy atom. The van der Waals surface area contributed by atoms with Gasteiger partial charge in [0, 0.05) is 13.1 Å². The highest BCUT2D eigenvalue weighted by Gasteiger charge is 2.09. The van der Waals surface area contributed by atoms with E-state index in [0.29, 0.717) is 0 Å². The fraction of sp³-hybridized carbons (Fsp3) is 0.250. The van der Waals surface area contributed by atoms with E-state index in [-0.39, 0.29) is 17.9 Å². The Morgan fingerprint density at radius 2 is 2.23 bits per heavy atom. The molecule has 0 atom stereocenters. The van der Waals surface area contributed by atoms with Crippen molar-refractivity contribution >= 4 is 6.47 Å². The summed E-state index contributed by atoms with van der Waals surface area (Å²) in [5.74, 6) is -0.889. The molecule has 4 nitrogen and oxygen atoms in total. The van der Waals surface area contributed by atoms with Gasteiger partial charge in [0.2, 0.25) is 0 Å². The third-order valence-electron chi connectivity index (χ3n) is 1.80. The van der Waals surface area contributed by atoms with E-state index in [4.69, 9.17) is 0 Å². The van der Waals surface area contributed by atoms with E-state index in [0.717, 1.165) is 10.6 Å².